The number of benzene rings is 1. The van der Waals surface area contributed by atoms with Gasteiger partial charge in [0.25, 0.3) is 23.3 Å². The number of nitrogens with one attached hydrogen (secondary N) is 2. The van der Waals surface area contributed by atoms with Gasteiger partial charge in [-0.15, -0.1) is 0 Å². The summed E-state index contributed by atoms with van der Waals surface area (Å²) in [6, 6.07) is 11.3. The largest absolute Gasteiger partial charge is 0.336 e. The monoisotopic (exact) mass is 430 g/mol. The van der Waals surface area contributed by atoms with Crippen LogP contribution in [-0.4, -0.2) is 43.7 Å². The lowest BCUT2D eigenvalue weighted by molar-refractivity contribution is 0.0629. The van der Waals surface area contributed by atoms with Gasteiger partial charge in [0.2, 0.25) is 0 Å². The van der Waals surface area contributed by atoms with E-state index >= 15 is 0 Å². The standard InChI is InChI=1S/C22H18N6O4/c1-22(9-11-27-19(30)13-4-2-3-5-14(13)20(27)31)26-18(29)16-7-6-15(21(32)28(16)22)25-17-8-10-23-12-24-17/h2-8,10,12H,9,11H2,1H3,(H,26,29)(H,23,24,25). The molecule has 10 heteroatoms. The Balaban J connectivity index is 1.44. The second kappa shape index (κ2) is 7.12. The van der Waals surface area contributed by atoms with E-state index in [1.165, 1.54) is 23.2 Å². The van der Waals surface area contributed by atoms with Gasteiger partial charge in [0, 0.05) is 19.2 Å². The first-order valence-corrected chi connectivity index (χ1v) is 9.96. The summed E-state index contributed by atoms with van der Waals surface area (Å²) < 4.78 is 1.36. The Morgan fingerprint density at radius 1 is 1.00 bits per heavy atom. The predicted octanol–water partition coefficient (Wildman–Crippen LogP) is 1.48. The van der Waals surface area contributed by atoms with Crippen LogP contribution in [0.15, 0.2) is 59.8 Å². The van der Waals surface area contributed by atoms with Gasteiger partial charge in [0.05, 0.1) is 11.1 Å². The van der Waals surface area contributed by atoms with Crippen molar-refractivity contribution in [1.29, 1.82) is 0 Å². The smallest absolute Gasteiger partial charge is 0.276 e. The van der Waals surface area contributed by atoms with Crippen LogP contribution in [-0.2, 0) is 5.66 Å². The van der Waals surface area contributed by atoms with Gasteiger partial charge in [-0.25, -0.2) is 9.97 Å². The van der Waals surface area contributed by atoms with Crippen LogP contribution in [0.2, 0.25) is 0 Å². The average Bonchev–Trinajstić information content (AvgIpc) is 3.20. The molecule has 0 bridgehead atoms. The Labute approximate surface area is 181 Å². The molecule has 2 aliphatic heterocycles. The Morgan fingerprint density at radius 3 is 2.38 bits per heavy atom. The first-order valence-electron chi connectivity index (χ1n) is 9.96. The zero-order chi connectivity index (χ0) is 22.5. The molecule has 0 saturated carbocycles. The summed E-state index contributed by atoms with van der Waals surface area (Å²) in [6.07, 6.45) is 3.05. The van der Waals surface area contributed by atoms with Crippen molar-refractivity contribution in [1.82, 2.24) is 24.8 Å². The minimum Gasteiger partial charge on any atom is -0.336 e. The van der Waals surface area contributed by atoms with Crippen molar-refractivity contribution >= 4 is 29.2 Å². The lowest BCUT2D eigenvalue weighted by Gasteiger charge is -2.29. The number of nitrogens with zero attached hydrogens (tertiary/aromatic N) is 4. The number of anilines is 2. The van der Waals surface area contributed by atoms with E-state index in [9.17, 15) is 19.2 Å². The van der Waals surface area contributed by atoms with Gasteiger partial charge in [0.15, 0.2) is 0 Å². The first kappa shape index (κ1) is 19.6. The fourth-order valence-corrected chi connectivity index (χ4v) is 4.11. The van der Waals surface area contributed by atoms with Crippen LogP contribution in [0.1, 0.15) is 44.5 Å². The molecule has 3 aromatic rings. The topological polar surface area (TPSA) is 126 Å². The highest BCUT2D eigenvalue weighted by Crippen LogP contribution is 2.29. The van der Waals surface area contributed by atoms with E-state index < -0.39 is 17.1 Å². The number of pyridine rings is 1. The molecule has 160 valence electrons. The number of imide groups is 1. The van der Waals surface area contributed by atoms with Crippen LogP contribution in [0.4, 0.5) is 11.5 Å². The fraction of sp³-hybridized carbons (Fsp3) is 0.182. The van der Waals surface area contributed by atoms with Gasteiger partial charge < -0.3 is 10.6 Å². The third-order valence-corrected chi connectivity index (χ3v) is 5.74. The van der Waals surface area contributed by atoms with Gasteiger partial charge in [-0.1, -0.05) is 12.1 Å². The van der Waals surface area contributed by atoms with Crippen molar-refractivity contribution in [2.24, 2.45) is 0 Å². The van der Waals surface area contributed by atoms with Crippen LogP contribution in [0.5, 0.6) is 0 Å². The molecule has 0 radical (unpaired) electrons. The van der Waals surface area contributed by atoms with Crippen molar-refractivity contribution in [2.45, 2.75) is 19.0 Å². The maximum absolute atomic E-state index is 13.2. The molecule has 2 aromatic heterocycles. The molecule has 0 fully saturated rings. The van der Waals surface area contributed by atoms with Gasteiger partial charge in [-0.05, 0) is 37.3 Å². The van der Waals surface area contributed by atoms with Crippen LogP contribution in [0, 0.1) is 0 Å². The molecule has 32 heavy (non-hydrogen) atoms. The molecule has 1 unspecified atom stereocenters. The Hall–Kier alpha value is -4.34. The number of fused-ring (bicyclic) bond motifs is 2. The highest BCUT2D eigenvalue weighted by molar-refractivity contribution is 6.21. The number of amides is 3. The number of rotatable bonds is 5. The van der Waals surface area contributed by atoms with Gasteiger partial charge in [0.1, 0.15) is 29.2 Å². The Kier molecular flexibility index (Phi) is 4.36. The highest BCUT2D eigenvalue weighted by atomic mass is 16.2. The normalized spacial score (nSPS) is 19.0. The van der Waals surface area contributed by atoms with E-state index in [4.69, 9.17) is 0 Å². The molecular formula is C22H18N6O4. The van der Waals surface area contributed by atoms with Crippen LogP contribution >= 0.6 is 0 Å². The van der Waals surface area contributed by atoms with Gasteiger partial charge in [-0.2, -0.15) is 0 Å². The quantitative estimate of drug-likeness (QED) is 0.587. The predicted molar refractivity (Wildman–Crippen MR) is 114 cm³/mol. The van der Waals surface area contributed by atoms with Crippen molar-refractivity contribution in [2.75, 3.05) is 11.9 Å². The second-order valence-electron chi connectivity index (χ2n) is 7.78. The molecule has 1 atom stereocenters. The number of aromatic nitrogens is 3. The van der Waals surface area contributed by atoms with Gasteiger partial charge in [-0.3, -0.25) is 28.6 Å². The van der Waals surface area contributed by atoms with Crippen LogP contribution < -0.4 is 16.2 Å². The van der Waals surface area contributed by atoms with E-state index in [0.29, 0.717) is 16.9 Å². The van der Waals surface area contributed by atoms with E-state index in [1.54, 1.807) is 43.3 Å². The number of carbonyl (C=O) groups excluding carboxylic acids is 3. The third-order valence-electron chi connectivity index (χ3n) is 5.74. The Morgan fingerprint density at radius 2 is 1.72 bits per heavy atom. The summed E-state index contributed by atoms with van der Waals surface area (Å²) in [6.45, 7) is 1.73. The van der Waals surface area contributed by atoms with Crippen molar-refractivity contribution < 1.29 is 14.4 Å². The van der Waals surface area contributed by atoms with Crippen molar-refractivity contribution in [3.05, 3.63) is 82.2 Å². The molecule has 0 spiro atoms. The lowest BCUT2D eigenvalue weighted by atomic mass is 10.1. The molecule has 0 aliphatic carbocycles. The SMILES string of the molecule is CC1(CCN2C(=O)c3ccccc3C2=O)NC(=O)c2ccc(Nc3ccncn3)c(=O)n21. The van der Waals surface area contributed by atoms with Gasteiger partial charge >= 0.3 is 0 Å². The van der Waals surface area contributed by atoms with E-state index in [2.05, 4.69) is 20.6 Å². The molecule has 1 aromatic carbocycles. The highest BCUT2D eigenvalue weighted by Gasteiger charge is 2.42. The minimum atomic E-state index is -1.12. The van der Waals surface area contributed by atoms with Crippen molar-refractivity contribution in [3.8, 4) is 0 Å². The fourth-order valence-electron chi connectivity index (χ4n) is 4.11. The molecule has 3 amide bonds. The molecule has 10 nitrogen and oxygen atoms in total. The van der Waals surface area contributed by atoms with E-state index in [0.717, 1.165) is 4.90 Å². The molecule has 2 N–H and O–H groups in total. The maximum Gasteiger partial charge on any atom is 0.276 e. The Bertz CT molecular complexity index is 1300. The van der Waals surface area contributed by atoms with E-state index in [-0.39, 0.29) is 36.2 Å². The zero-order valence-electron chi connectivity index (χ0n) is 17.0. The second-order valence-corrected chi connectivity index (χ2v) is 7.78. The summed E-state index contributed by atoms with van der Waals surface area (Å²) >= 11 is 0. The summed E-state index contributed by atoms with van der Waals surface area (Å²) in [4.78, 5) is 60.2. The number of hydrogen-bond donors (Lipinski definition) is 2. The molecule has 2 aliphatic rings. The lowest BCUT2D eigenvalue weighted by Crippen LogP contribution is -2.47. The van der Waals surface area contributed by atoms with Crippen LogP contribution in [0.25, 0.3) is 0 Å². The minimum absolute atomic E-state index is 0.0403. The summed E-state index contributed by atoms with van der Waals surface area (Å²) in [7, 11) is 0. The average molecular weight is 430 g/mol. The van der Waals surface area contributed by atoms with E-state index in [1.807, 2.05) is 0 Å². The summed E-state index contributed by atoms with van der Waals surface area (Å²) in [5, 5.41) is 5.76. The maximum atomic E-state index is 13.2. The number of hydrogen-bond acceptors (Lipinski definition) is 7. The zero-order valence-corrected chi connectivity index (χ0v) is 17.0. The third kappa shape index (κ3) is 2.96. The summed E-state index contributed by atoms with van der Waals surface area (Å²) in [5.74, 6) is -0.737. The van der Waals surface area contributed by atoms with Crippen molar-refractivity contribution in [3.63, 3.8) is 0 Å². The molecule has 4 heterocycles. The first-order chi connectivity index (χ1) is 15.4. The van der Waals surface area contributed by atoms with Crippen LogP contribution in [0.3, 0.4) is 0 Å². The molecular weight excluding hydrogens is 412 g/mol. The summed E-state index contributed by atoms with van der Waals surface area (Å²) in [5.41, 5.74) is -0.408. The molecule has 0 saturated heterocycles. The number of carbonyl (C=O) groups is 3. The molecule has 5 rings (SSSR count).